The molecule has 20 heavy (non-hydrogen) atoms. The first kappa shape index (κ1) is 11.8. The first-order valence-electron chi connectivity index (χ1n) is 5.22. The third-order valence-corrected chi connectivity index (χ3v) is 2.80. The van der Waals surface area contributed by atoms with Crippen molar-refractivity contribution in [1.29, 1.82) is 0 Å². The van der Waals surface area contributed by atoms with Crippen LogP contribution in [0, 0.1) is 0 Å². The second-order valence-corrected chi connectivity index (χ2v) is 3.97. The molecule has 0 saturated heterocycles. The number of hydrogen-bond donors (Lipinski definition) is 4. The minimum absolute atomic E-state index is 0.360. The smallest absolute Gasteiger partial charge is 0.305 e. The molecule has 0 radical (unpaired) electrons. The van der Waals surface area contributed by atoms with E-state index in [2.05, 4.69) is 9.97 Å². The van der Waals surface area contributed by atoms with Gasteiger partial charge in [-0.05, 0) is 0 Å². The fourth-order valence-electron chi connectivity index (χ4n) is 2.01. The van der Waals surface area contributed by atoms with E-state index >= 15 is 0 Å². The van der Waals surface area contributed by atoms with Crippen LogP contribution in [0.25, 0.3) is 11.4 Å². The van der Waals surface area contributed by atoms with Gasteiger partial charge in [0.25, 0.3) is 11.1 Å². The third kappa shape index (κ3) is 1.38. The monoisotopic (exact) mass is 276 g/mol. The molecule has 10 heteroatoms. The van der Waals surface area contributed by atoms with E-state index in [-0.39, 0.29) is 11.4 Å². The molecule has 0 unspecified atom stereocenters. The van der Waals surface area contributed by atoms with Crippen LogP contribution in [-0.2, 0) is 0 Å². The van der Waals surface area contributed by atoms with E-state index in [9.17, 15) is 28.8 Å². The number of carbonyl (C=O) groups is 2. The number of Topliss-reactive ketones (excluding diaryl/α,β-unsaturated/α-hetero) is 2. The van der Waals surface area contributed by atoms with Gasteiger partial charge in [-0.25, -0.2) is 9.59 Å². The molecule has 0 atom stereocenters. The summed E-state index contributed by atoms with van der Waals surface area (Å²) in [4.78, 5) is 77.1. The summed E-state index contributed by atoms with van der Waals surface area (Å²) in [5.41, 5.74) is -6.00. The molecule has 10 nitrogen and oxygen atoms in total. The molecule has 2 heterocycles. The molecule has 4 N–H and O–H groups in total. The quantitative estimate of drug-likeness (QED) is 0.387. The predicted octanol–water partition coefficient (Wildman–Crippen LogP) is -2.51. The summed E-state index contributed by atoms with van der Waals surface area (Å²) in [6.07, 6.45) is 0. The second-order valence-electron chi connectivity index (χ2n) is 3.97. The largest absolute Gasteiger partial charge is 0.326 e. The van der Waals surface area contributed by atoms with Crippen molar-refractivity contribution < 1.29 is 9.59 Å². The number of hydrogen-bond acceptors (Lipinski definition) is 6. The Bertz CT molecular complexity index is 934. The average molecular weight is 276 g/mol. The van der Waals surface area contributed by atoms with Gasteiger partial charge in [0.2, 0.25) is 11.6 Å². The lowest BCUT2D eigenvalue weighted by Gasteiger charge is -2.14. The van der Waals surface area contributed by atoms with Gasteiger partial charge in [-0.15, -0.1) is 0 Å². The lowest BCUT2D eigenvalue weighted by atomic mass is 9.92. The van der Waals surface area contributed by atoms with Crippen molar-refractivity contribution in [3.8, 4) is 11.4 Å². The summed E-state index contributed by atoms with van der Waals surface area (Å²) in [7, 11) is 0. The summed E-state index contributed by atoms with van der Waals surface area (Å²) in [5.74, 6) is -2.47. The van der Waals surface area contributed by atoms with Crippen molar-refractivity contribution in [2.45, 2.75) is 0 Å². The normalized spacial score (nSPS) is 13.0. The Morgan fingerprint density at radius 2 is 0.850 bits per heavy atom. The van der Waals surface area contributed by atoms with Crippen LogP contribution in [-0.4, -0.2) is 31.5 Å². The van der Waals surface area contributed by atoms with Gasteiger partial charge in [-0.1, -0.05) is 0 Å². The number of H-pyrrole nitrogens is 4. The molecule has 2 aromatic rings. The summed E-state index contributed by atoms with van der Waals surface area (Å²) in [6, 6.07) is 0. The zero-order chi connectivity index (χ0) is 14.6. The summed E-state index contributed by atoms with van der Waals surface area (Å²) < 4.78 is 0. The summed E-state index contributed by atoms with van der Waals surface area (Å²) in [5, 5.41) is 0. The van der Waals surface area contributed by atoms with E-state index in [1.165, 1.54) is 0 Å². The maximum Gasteiger partial charge on any atom is 0.326 e. The minimum atomic E-state index is -1.23. The Labute approximate surface area is 106 Å². The highest BCUT2D eigenvalue weighted by Crippen LogP contribution is 2.23. The molecule has 0 aliphatic heterocycles. The fourth-order valence-corrected chi connectivity index (χ4v) is 2.01. The Morgan fingerprint density at radius 3 is 1.20 bits per heavy atom. The van der Waals surface area contributed by atoms with Crippen LogP contribution in [0.2, 0.25) is 0 Å². The fraction of sp³-hybridized carbons (Fsp3) is 0. The second kappa shape index (κ2) is 3.60. The molecule has 0 spiro atoms. The zero-order valence-electron chi connectivity index (χ0n) is 9.45. The maximum absolute atomic E-state index is 11.8. The van der Waals surface area contributed by atoms with Crippen LogP contribution in [0.1, 0.15) is 20.7 Å². The number of fused-ring (bicyclic) bond motifs is 3. The molecule has 0 aromatic carbocycles. The highest BCUT2D eigenvalue weighted by Gasteiger charge is 2.36. The van der Waals surface area contributed by atoms with E-state index in [0.717, 1.165) is 0 Å². The molecule has 2 aromatic heterocycles. The Balaban J connectivity index is 2.62. The lowest BCUT2D eigenvalue weighted by molar-refractivity contribution is 0.0812. The highest BCUT2D eigenvalue weighted by molar-refractivity contribution is 6.52. The topological polar surface area (TPSA) is 166 Å². The van der Waals surface area contributed by atoms with E-state index in [1.807, 2.05) is 0 Å². The van der Waals surface area contributed by atoms with Gasteiger partial charge >= 0.3 is 11.4 Å². The molecule has 0 fully saturated rings. The molecule has 1 aliphatic rings. The van der Waals surface area contributed by atoms with Crippen LogP contribution >= 0.6 is 0 Å². The van der Waals surface area contributed by atoms with E-state index in [0.29, 0.717) is 0 Å². The molecule has 0 amide bonds. The van der Waals surface area contributed by atoms with Crippen molar-refractivity contribution in [2.75, 3.05) is 0 Å². The number of aromatic amines is 4. The van der Waals surface area contributed by atoms with Gasteiger partial charge in [0.1, 0.15) is 11.1 Å². The van der Waals surface area contributed by atoms with Crippen molar-refractivity contribution >= 4 is 11.6 Å². The molecule has 100 valence electrons. The van der Waals surface area contributed by atoms with Gasteiger partial charge < -0.3 is 9.97 Å². The van der Waals surface area contributed by atoms with E-state index in [4.69, 9.17) is 0 Å². The van der Waals surface area contributed by atoms with Gasteiger partial charge in [0.05, 0.1) is 11.4 Å². The standard InChI is InChI=1S/C10H4N4O6/c15-5-1-3(11-9(19)13-7(1)17)4-2(6(5)16)8(18)14-10(20)12-4/h(H2,11,13,17,19)(H2,12,14,18,20). The maximum atomic E-state index is 11.8. The Kier molecular flexibility index (Phi) is 2.12. The van der Waals surface area contributed by atoms with E-state index in [1.54, 1.807) is 9.97 Å². The van der Waals surface area contributed by atoms with Gasteiger partial charge in [-0.2, -0.15) is 0 Å². The number of rotatable bonds is 0. The van der Waals surface area contributed by atoms with Gasteiger partial charge in [0.15, 0.2) is 0 Å². The summed E-state index contributed by atoms with van der Waals surface area (Å²) in [6.45, 7) is 0. The van der Waals surface area contributed by atoms with Gasteiger partial charge in [0, 0.05) is 0 Å². The number of carbonyl (C=O) groups excluding carboxylic acids is 2. The first-order valence-corrected chi connectivity index (χ1v) is 5.22. The average Bonchev–Trinajstić information content (AvgIpc) is 2.34. The van der Waals surface area contributed by atoms with Gasteiger partial charge in [-0.3, -0.25) is 29.1 Å². The predicted molar refractivity (Wildman–Crippen MR) is 63.0 cm³/mol. The Hall–Kier alpha value is -3.30. The molecule has 1 aliphatic carbocycles. The molecule has 0 saturated carbocycles. The number of ketones is 2. The van der Waals surface area contributed by atoms with Crippen LogP contribution in [0.3, 0.4) is 0 Å². The molecule has 0 bridgehead atoms. The van der Waals surface area contributed by atoms with Crippen molar-refractivity contribution in [1.82, 2.24) is 19.9 Å². The first-order chi connectivity index (χ1) is 9.40. The third-order valence-electron chi connectivity index (χ3n) is 2.80. The SMILES string of the molecule is O=C1C(=O)c2c([nH]c(=O)[nH]c2=O)-c2[nH]c(=O)[nH]c(=O)c21. The van der Waals surface area contributed by atoms with Crippen LogP contribution in [0.5, 0.6) is 0 Å². The van der Waals surface area contributed by atoms with Crippen LogP contribution in [0.4, 0.5) is 0 Å². The Morgan fingerprint density at radius 1 is 0.500 bits per heavy atom. The van der Waals surface area contributed by atoms with Crippen LogP contribution in [0.15, 0.2) is 19.2 Å². The number of nitrogens with one attached hydrogen (secondary N) is 4. The van der Waals surface area contributed by atoms with Crippen molar-refractivity contribution in [2.24, 2.45) is 0 Å². The lowest BCUT2D eigenvalue weighted by Crippen LogP contribution is -2.40. The van der Waals surface area contributed by atoms with E-state index < -0.39 is 45.2 Å². The minimum Gasteiger partial charge on any atom is -0.305 e. The van der Waals surface area contributed by atoms with Crippen LogP contribution < -0.4 is 22.5 Å². The zero-order valence-corrected chi connectivity index (χ0v) is 9.45. The van der Waals surface area contributed by atoms with Crippen molar-refractivity contribution in [3.05, 3.63) is 52.8 Å². The molecular weight excluding hydrogens is 272 g/mol. The molecular formula is C10H4N4O6. The molecule has 3 rings (SSSR count). The number of aromatic nitrogens is 4. The van der Waals surface area contributed by atoms with Crippen molar-refractivity contribution in [3.63, 3.8) is 0 Å². The summed E-state index contributed by atoms with van der Waals surface area (Å²) >= 11 is 0. The highest BCUT2D eigenvalue weighted by atomic mass is 16.2.